The van der Waals surface area contributed by atoms with Gasteiger partial charge in [-0.1, -0.05) is 23.7 Å². The number of rotatable bonds is 3. The quantitative estimate of drug-likeness (QED) is 0.646. The zero-order valence-corrected chi connectivity index (χ0v) is 11.3. The number of anilines is 1. The Bertz CT molecular complexity index is 672. The first-order valence-corrected chi connectivity index (χ1v) is 6.19. The number of alkyl halides is 3. The summed E-state index contributed by atoms with van der Waals surface area (Å²) in [7, 11) is 0. The number of para-hydroxylation sites is 1. The third-order valence-electron chi connectivity index (χ3n) is 2.62. The van der Waals surface area contributed by atoms with Crippen molar-refractivity contribution in [2.75, 3.05) is 5.43 Å². The number of phenolic OH excluding ortho intramolecular Hbond substituents is 1. The zero-order valence-electron chi connectivity index (χ0n) is 10.5. The SMILES string of the molecule is Oc1ccccc1C=NNc1cc(C(F)(F)F)ccc1Cl. The van der Waals surface area contributed by atoms with E-state index in [9.17, 15) is 18.3 Å². The van der Waals surface area contributed by atoms with E-state index in [2.05, 4.69) is 10.5 Å². The molecular weight excluding hydrogens is 305 g/mol. The third-order valence-corrected chi connectivity index (χ3v) is 2.95. The van der Waals surface area contributed by atoms with E-state index in [4.69, 9.17) is 11.6 Å². The number of hydrazone groups is 1. The van der Waals surface area contributed by atoms with Crippen LogP contribution >= 0.6 is 11.6 Å². The van der Waals surface area contributed by atoms with Crippen LogP contribution in [-0.4, -0.2) is 11.3 Å². The summed E-state index contributed by atoms with van der Waals surface area (Å²) in [6, 6.07) is 9.31. The van der Waals surface area contributed by atoms with Crippen LogP contribution in [0.2, 0.25) is 5.02 Å². The molecule has 0 unspecified atom stereocenters. The van der Waals surface area contributed by atoms with E-state index < -0.39 is 11.7 Å². The molecule has 3 nitrogen and oxygen atoms in total. The second kappa shape index (κ2) is 6.05. The van der Waals surface area contributed by atoms with Gasteiger partial charge in [0.15, 0.2) is 0 Å². The lowest BCUT2D eigenvalue weighted by Crippen LogP contribution is -2.05. The zero-order chi connectivity index (χ0) is 15.5. The van der Waals surface area contributed by atoms with Crippen LogP contribution in [0.25, 0.3) is 0 Å². The fourth-order valence-corrected chi connectivity index (χ4v) is 1.72. The predicted molar refractivity (Wildman–Crippen MR) is 75.8 cm³/mol. The molecule has 21 heavy (non-hydrogen) atoms. The number of aromatic hydroxyl groups is 1. The van der Waals surface area contributed by atoms with Crippen LogP contribution in [-0.2, 0) is 6.18 Å². The molecule has 0 radical (unpaired) electrons. The largest absolute Gasteiger partial charge is 0.507 e. The Labute approximate surface area is 123 Å². The molecule has 0 saturated heterocycles. The van der Waals surface area contributed by atoms with Gasteiger partial charge in [0.25, 0.3) is 0 Å². The maximum atomic E-state index is 12.6. The number of phenols is 1. The molecule has 0 aliphatic rings. The molecule has 2 aromatic rings. The molecule has 110 valence electrons. The van der Waals surface area contributed by atoms with E-state index in [1.165, 1.54) is 12.3 Å². The molecule has 0 fully saturated rings. The van der Waals surface area contributed by atoms with Crippen molar-refractivity contribution in [1.29, 1.82) is 0 Å². The molecular formula is C14H10ClF3N2O. The van der Waals surface area contributed by atoms with E-state index in [-0.39, 0.29) is 16.5 Å². The molecule has 2 N–H and O–H groups in total. The predicted octanol–water partition coefficient (Wildman–Crippen LogP) is 4.51. The normalized spacial score (nSPS) is 11.8. The first kappa shape index (κ1) is 15.2. The van der Waals surface area contributed by atoms with Crippen LogP contribution in [0.1, 0.15) is 11.1 Å². The van der Waals surface area contributed by atoms with Gasteiger partial charge < -0.3 is 5.11 Å². The Morgan fingerprint density at radius 2 is 1.86 bits per heavy atom. The van der Waals surface area contributed by atoms with Gasteiger partial charge in [0.05, 0.1) is 22.5 Å². The van der Waals surface area contributed by atoms with E-state index in [1.54, 1.807) is 18.2 Å². The van der Waals surface area contributed by atoms with E-state index >= 15 is 0 Å². The molecule has 2 aromatic carbocycles. The topological polar surface area (TPSA) is 44.6 Å². The number of hydrogen-bond donors (Lipinski definition) is 2. The van der Waals surface area contributed by atoms with Crippen LogP contribution in [0.3, 0.4) is 0 Å². The van der Waals surface area contributed by atoms with Crippen molar-refractivity contribution >= 4 is 23.5 Å². The number of halogens is 4. The van der Waals surface area contributed by atoms with Crippen molar-refractivity contribution in [3.63, 3.8) is 0 Å². The van der Waals surface area contributed by atoms with Crippen molar-refractivity contribution in [2.24, 2.45) is 5.10 Å². The fraction of sp³-hybridized carbons (Fsp3) is 0.0714. The van der Waals surface area contributed by atoms with Crippen molar-refractivity contribution in [3.05, 3.63) is 58.6 Å². The van der Waals surface area contributed by atoms with Gasteiger partial charge in [-0.05, 0) is 30.3 Å². The van der Waals surface area contributed by atoms with Gasteiger partial charge in [0.1, 0.15) is 5.75 Å². The van der Waals surface area contributed by atoms with E-state index in [0.717, 1.165) is 18.2 Å². The van der Waals surface area contributed by atoms with Gasteiger partial charge in [-0.3, -0.25) is 5.43 Å². The van der Waals surface area contributed by atoms with E-state index in [1.807, 2.05) is 0 Å². The minimum atomic E-state index is -4.46. The highest BCUT2D eigenvalue weighted by Gasteiger charge is 2.30. The molecule has 7 heteroatoms. The van der Waals surface area contributed by atoms with Crippen LogP contribution < -0.4 is 5.43 Å². The van der Waals surface area contributed by atoms with Gasteiger partial charge in [-0.2, -0.15) is 18.3 Å². The van der Waals surface area contributed by atoms with Crippen LogP contribution in [0, 0.1) is 0 Å². The molecule has 0 saturated carbocycles. The number of nitrogens with one attached hydrogen (secondary N) is 1. The van der Waals surface area contributed by atoms with Crippen LogP contribution in [0.4, 0.5) is 18.9 Å². The highest BCUT2D eigenvalue weighted by molar-refractivity contribution is 6.33. The average molecular weight is 315 g/mol. The van der Waals surface area contributed by atoms with Crippen LogP contribution in [0.5, 0.6) is 5.75 Å². The molecule has 0 bridgehead atoms. The number of hydrogen-bond acceptors (Lipinski definition) is 3. The maximum Gasteiger partial charge on any atom is 0.416 e. The first-order valence-electron chi connectivity index (χ1n) is 5.82. The summed E-state index contributed by atoms with van der Waals surface area (Å²) in [6.45, 7) is 0. The Hall–Kier alpha value is -2.21. The number of nitrogens with zero attached hydrogens (tertiary/aromatic N) is 1. The van der Waals surface area contributed by atoms with Crippen molar-refractivity contribution in [1.82, 2.24) is 0 Å². The van der Waals surface area contributed by atoms with Gasteiger partial charge >= 0.3 is 6.18 Å². The summed E-state index contributed by atoms with van der Waals surface area (Å²) in [5, 5.41) is 13.4. The second-order valence-corrected chi connectivity index (χ2v) is 4.53. The first-order chi connectivity index (χ1) is 9.88. The lowest BCUT2D eigenvalue weighted by atomic mass is 10.2. The van der Waals surface area contributed by atoms with Crippen molar-refractivity contribution in [3.8, 4) is 5.75 Å². The maximum absolute atomic E-state index is 12.6. The average Bonchev–Trinajstić information content (AvgIpc) is 2.41. The van der Waals surface area contributed by atoms with Crippen molar-refractivity contribution < 1.29 is 18.3 Å². The van der Waals surface area contributed by atoms with Gasteiger partial charge in [0, 0.05) is 5.56 Å². The summed E-state index contributed by atoms with van der Waals surface area (Å²) in [4.78, 5) is 0. The molecule has 0 spiro atoms. The Morgan fingerprint density at radius 3 is 2.52 bits per heavy atom. The summed E-state index contributed by atoms with van der Waals surface area (Å²) < 4.78 is 37.8. The summed E-state index contributed by atoms with van der Waals surface area (Å²) in [6.07, 6.45) is -3.17. The highest BCUT2D eigenvalue weighted by atomic mass is 35.5. The Morgan fingerprint density at radius 1 is 1.14 bits per heavy atom. The van der Waals surface area contributed by atoms with Gasteiger partial charge in [-0.25, -0.2) is 0 Å². The monoisotopic (exact) mass is 314 g/mol. The number of benzene rings is 2. The third kappa shape index (κ3) is 3.88. The van der Waals surface area contributed by atoms with E-state index in [0.29, 0.717) is 5.56 Å². The standard InChI is InChI=1S/C14H10ClF3N2O/c15-11-6-5-10(14(16,17)18)7-12(11)20-19-8-9-3-1-2-4-13(9)21/h1-8,20-21H. The second-order valence-electron chi connectivity index (χ2n) is 4.12. The van der Waals surface area contributed by atoms with Crippen molar-refractivity contribution in [2.45, 2.75) is 6.18 Å². The molecule has 0 aliphatic heterocycles. The molecule has 0 aromatic heterocycles. The minimum absolute atomic E-state index is 0.0122. The lowest BCUT2D eigenvalue weighted by molar-refractivity contribution is -0.137. The Balaban J connectivity index is 2.18. The van der Waals surface area contributed by atoms with Gasteiger partial charge in [0.2, 0.25) is 0 Å². The molecule has 0 atom stereocenters. The lowest BCUT2D eigenvalue weighted by Gasteiger charge is -2.09. The molecule has 0 heterocycles. The van der Waals surface area contributed by atoms with Gasteiger partial charge in [-0.15, -0.1) is 0 Å². The molecule has 0 amide bonds. The summed E-state index contributed by atoms with van der Waals surface area (Å²) in [5.74, 6) is 0.0122. The van der Waals surface area contributed by atoms with Crippen LogP contribution in [0.15, 0.2) is 47.6 Å². The minimum Gasteiger partial charge on any atom is -0.507 e. The molecule has 0 aliphatic carbocycles. The smallest absolute Gasteiger partial charge is 0.416 e. The summed E-state index contributed by atoms with van der Waals surface area (Å²) >= 11 is 5.81. The highest BCUT2D eigenvalue weighted by Crippen LogP contribution is 2.33. The summed E-state index contributed by atoms with van der Waals surface area (Å²) in [5.41, 5.74) is 2.05. The molecule has 2 rings (SSSR count). The Kier molecular flexibility index (Phi) is 4.37. The fourth-order valence-electron chi connectivity index (χ4n) is 1.56.